The topological polar surface area (TPSA) is 86.7 Å². The van der Waals surface area contributed by atoms with Gasteiger partial charge in [0, 0.05) is 0 Å². The standard InChI is InChI=1S/2C14H26O3.Ni/c2*1-3-4-5-6-7-8-9-10-11-17-14(16)12-13(2)15;/h2*3-12H2,1-2H3;/q;;+2. The SMILES string of the molecule is CCCCCCCCCCOC(=O)CC(C)=O.CCCCCCCCCCOC(=O)CC(C)=O.[Ni+2]. The van der Waals surface area contributed by atoms with Gasteiger partial charge in [-0.25, -0.2) is 0 Å². The predicted molar refractivity (Wildman–Crippen MR) is 138 cm³/mol. The van der Waals surface area contributed by atoms with Gasteiger partial charge >= 0.3 is 28.4 Å². The second kappa shape index (κ2) is 30.8. The summed E-state index contributed by atoms with van der Waals surface area (Å²) in [6.45, 7) is 8.15. The van der Waals surface area contributed by atoms with E-state index in [1.54, 1.807) is 0 Å². The van der Waals surface area contributed by atoms with Gasteiger partial charge in [0.15, 0.2) is 0 Å². The van der Waals surface area contributed by atoms with Crippen LogP contribution in [-0.4, -0.2) is 36.7 Å². The summed E-state index contributed by atoms with van der Waals surface area (Å²) in [4.78, 5) is 43.3. The molecular formula is C28H52NiO6+2. The maximum absolute atomic E-state index is 11.0. The Morgan fingerprint density at radius 2 is 0.714 bits per heavy atom. The minimum Gasteiger partial charge on any atom is -0.465 e. The molecule has 0 aliphatic rings. The monoisotopic (exact) mass is 542 g/mol. The minimum atomic E-state index is -0.388. The van der Waals surface area contributed by atoms with E-state index >= 15 is 0 Å². The van der Waals surface area contributed by atoms with Crippen LogP contribution in [-0.2, 0) is 45.1 Å². The van der Waals surface area contributed by atoms with Gasteiger partial charge in [0.2, 0.25) is 0 Å². The van der Waals surface area contributed by atoms with Crippen molar-refractivity contribution in [1.29, 1.82) is 0 Å². The average molecular weight is 543 g/mol. The van der Waals surface area contributed by atoms with Gasteiger partial charge < -0.3 is 9.47 Å². The van der Waals surface area contributed by atoms with Crippen LogP contribution in [0.5, 0.6) is 0 Å². The van der Waals surface area contributed by atoms with Gasteiger partial charge in [-0.15, -0.1) is 0 Å². The van der Waals surface area contributed by atoms with E-state index in [9.17, 15) is 19.2 Å². The Labute approximate surface area is 225 Å². The molecule has 0 aliphatic heterocycles. The summed E-state index contributed by atoms with van der Waals surface area (Å²) in [6, 6.07) is 0. The van der Waals surface area contributed by atoms with Crippen molar-refractivity contribution in [3.8, 4) is 0 Å². The molecular weight excluding hydrogens is 491 g/mol. The number of unbranched alkanes of at least 4 members (excludes halogenated alkanes) is 14. The third kappa shape index (κ3) is 37.5. The Hall–Kier alpha value is -1.23. The molecule has 0 unspecified atom stereocenters. The summed E-state index contributed by atoms with van der Waals surface area (Å²) in [5.74, 6) is -1.04. The smallest absolute Gasteiger partial charge is 0.465 e. The van der Waals surface area contributed by atoms with Crippen molar-refractivity contribution < 1.29 is 45.1 Å². The fraction of sp³-hybridized carbons (Fsp3) is 0.857. The van der Waals surface area contributed by atoms with E-state index in [1.165, 1.54) is 90.9 Å². The van der Waals surface area contributed by atoms with Crippen LogP contribution in [0.4, 0.5) is 0 Å². The first kappa shape index (κ1) is 38.3. The van der Waals surface area contributed by atoms with Gasteiger partial charge in [-0.2, -0.15) is 0 Å². The Balaban J connectivity index is -0.000000569. The maximum atomic E-state index is 11.0. The Morgan fingerprint density at radius 1 is 0.457 bits per heavy atom. The number of carbonyl (C=O) groups excluding carboxylic acids is 4. The van der Waals surface area contributed by atoms with E-state index in [2.05, 4.69) is 13.8 Å². The van der Waals surface area contributed by atoms with E-state index in [-0.39, 0.29) is 52.8 Å². The van der Waals surface area contributed by atoms with Crippen molar-refractivity contribution in [2.24, 2.45) is 0 Å². The number of ether oxygens (including phenoxy) is 2. The molecule has 0 spiro atoms. The van der Waals surface area contributed by atoms with Gasteiger partial charge in [-0.1, -0.05) is 104 Å². The van der Waals surface area contributed by atoms with E-state index in [1.807, 2.05) is 0 Å². The second-order valence-electron chi connectivity index (χ2n) is 9.15. The molecule has 0 bridgehead atoms. The zero-order chi connectivity index (χ0) is 25.9. The predicted octanol–water partition coefficient (Wildman–Crippen LogP) is 7.30. The van der Waals surface area contributed by atoms with Crippen molar-refractivity contribution >= 4 is 23.5 Å². The molecule has 0 aromatic carbocycles. The quantitative estimate of drug-likeness (QED) is 0.0617. The molecule has 208 valence electrons. The molecule has 0 atom stereocenters. The third-order valence-electron chi connectivity index (χ3n) is 5.31. The summed E-state index contributed by atoms with van der Waals surface area (Å²) in [5.41, 5.74) is 0. The third-order valence-corrected chi connectivity index (χ3v) is 5.31. The van der Waals surface area contributed by atoms with E-state index in [0.29, 0.717) is 13.2 Å². The number of Topliss-reactive ketones (excluding diaryl/α,β-unsaturated/α-hetero) is 2. The van der Waals surface area contributed by atoms with E-state index < -0.39 is 0 Å². The van der Waals surface area contributed by atoms with Crippen LogP contribution in [0, 0.1) is 0 Å². The number of hydrogen-bond acceptors (Lipinski definition) is 6. The summed E-state index contributed by atoms with van der Waals surface area (Å²) >= 11 is 0. The van der Waals surface area contributed by atoms with Crippen LogP contribution >= 0.6 is 0 Å². The Bertz CT molecular complexity index is 476. The van der Waals surface area contributed by atoms with E-state index in [0.717, 1.165) is 25.7 Å². The molecule has 6 nitrogen and oxygen atoms in total. The summed E-state index contributed by atoms with van der Waals surface area (Å²) in [7, 11) is 0. The number of esters is 2. The molecule has 0 heterocycles. The number of ketones is 2. The van der Waals surface area contributed by atoms with Gasteiger partial charge in [-0.05, 0) is 26.7 Å². The van der Waals surface area contributed by atoms with Gasteiger partial charge in [0.25, 0.3) is 0 Å². The van der Waals surface area contributed by atoms with Gasteiger partial charge in [0.1, 0.15) is 24.4 Å². The fourth-order valence-corrected chi connectivity index (χ4v) is 3.35. The number of hydrogen-bond donors (Lipinski definition) is 0. The molecule has 0 fully saturated rings. The average Bonchev–Trinajstić information content (AvgIpc) is 2.76. The number of carbonyl (C=O) groups is 4. The molecule has 0 saturated carbocycles. The van der Waals surface area contributed by atoms with Crippen molar-refractivity contribution in [2.75, 3.05) is 13.2 Å². The first-order valence-electron chi connectivity index (χ1n) is 13.6. The van der Waals surface area contributed by atoms with Crippen LogP contribution in [0.2, 0.25) is 0 Å². The minimum absolute atomic E-state index is 0. The van der Waals surface area contributed by atoms with Crippen LogP contribution < -0.4 is 0 Å². The molecule has 0 aromatic rings. The zero-order valence-electron chi connectivity index (χ0n) is 22.9. The van der Waals surface area contributed by atoms with Crippen LogP contribution in [0.1, 0.15) is 143 Å². The zero-order valence-corrected chi connectivity index (χ0v) is 23.9. The summed E-state index contributed by atoms with van der Waals surface area (Å²) in [6.07, 6.45) is 19.4. The largest absolute Gasteiger partial charge is 2.00 e. The first-order valence-corrected chi connectivity index (χ1v) is 13.6. The Morgan fingerprint density at radius 3 is 0.971 bits per heavy atom. The Kier molecular flexibility index (Phi) is 33.7. The molecule has 0 aliphatic carbocycles. The molecule has 35 heavy (non-hydrogen) atoms. The summed E-state index contributed by atoms with van der Waals surface area (Å²) in [5, 5.41) is 0. The van der Waals surface area contributed by atoms with Crippen molar-refractivity contribution in [1.82, 2.24) is 0 Å². The second-order valence-corrected chi connectivity index (χ2v) is 9.15. The molecule has 7 heteroatoms. The molecule has 0 saturated heterocycles. The van der Waals surface area contributed by atoms with Gasteiger partial charge in [0.05, 0.1) is 13.2 Å². The van der Waals surface area contributed by atoms with Crippen LogP contribution in [0.25, 0.3) is 0 Å². The van der Waals surface area contributed by atoms with Gasteiger partial charge in [-0.3, -0.25) is 19.2 Å². The van der Waals surface area contributed by atoms with Crippen molar-refractivity contribution in [2.45, 2.75) is 143 Å². The van der Waals surface area contributed by atoms with Crippen molar-refractivity contribution in [3.05, 3.63) is 0 Å². The molecule has 0 aromatic heterocycles. The van der Waals surface area contributed by atoms with Crippen LogP contribution in [0.15, 0.2) is 0 Å². The fourth-order valence-electron chi connectivity index (χ4n) is 3.35. The van der Waals surface area contributed by atoms with Crippen molar-refractivity contribution in [3.63, 3.8) is 0 Å². The number of rotatable bonds is 22. The van der Waals surface area contributed by atoms with E-state index in [4.69, 9.17) is 9.47 Å². The van der Waals surface area contributed by atoms with Crippen LogP contribution in [0.3, 0.4) is 0 Å². The normalized spacial score (nSPS) is 9.94. The summed E-state index contributed by atoms with van der Waals surface area (Å²) < 4.78 is 9.88. The molecule has 0 radical (unpaired) electrons. The first-order chi connectivity index (χ1) is 16.3. The molecule has 0 N–H and O–H groups in total. The maximum Gasteiger partial charge on any atom is 2.00 e. The molecule has 0 amide bonds. The molecule has 0 rings (SSSR count).